The number of benzene rings is 2. The van der Waals surface area contributed by atoms with Crippen molar-refractivity contribution in [3.05, 3.63) is 59.7 Å². The molecule has 1 unspecified atom stereocenters. The minimum absolute atomic E-state index is 0.128. The standard InChI is InChI=1S/C21H24N2O/c24-21(15-17-12-11-16-7-1-2-8-18(16)17)22-19-9-3-4-10-20(19)23-13-5-6-14-23/h1-4,7-10,17H,5-6,11-15H2,(H,22,24). The molecule has 1 fully saturated rings. The Kier molecular flexibility index (Phi) is 4.24. The fourth-order valence-electron chi connectivity index (χ4n) is 4.10. The third-order valence-corrected chi connectivity index (χ3v) is 5.31. The van der Waals surface area contributed by atoms with Gasteiger partial charge in [-0.05, 0) is 54.9 Å². The SMILES string of the molecule is O=C(CC1CCc2ccccc21)Nc1ccccc1N1CCCC1. The number of hydrogen-bond acceptors (Lipinski definition) is 2. The first-order valence-electron chi connectivity index (χ1n) is 9.03. The van der Waals surface area contributed by atoms with Gasteiger partial charge in [-0.25, -0.2) is 0 Å². The molecule has 1 aliphatic carbocycles. The van der Waals surface area contributed by atoms with Gasteiger partial charge < -0.3 is 10.2 Å². The van der Waals surface area contributed by atoms with Crippen molar-refractivity contribution in [3.63, 3.8) is 0 Å². The molecule has 124 valence electrons. The van der Waals surface area contributed by atoms with Gasteiger partial charge in [-0.1, -0.05) is 36.4 Å². The summed E-state index contributed by atoms with van der Waals surface area (Å²) in [5, 5.41) is 3.16. The van der Waals surface area contributed by atoms with E-state index in [1.165, 1.54) is 24.0 Å². The number of aryl methyl sites for hydroxylation is 1. The summed E-state index contributed by atoms with van der Waals surface area (Å²) >= 11 is 0. The highest BCUT2D eigenvalue weighted by atomic mass is 16.1. The molecule has 0 bridgehead atoms. The summed E-state index contributed by atoms with van der Waals surface area (Å²) in [6, 6.07) is 16.7. The fraction of sp³-hybridized carbons (Fsp3) is 0.381. The quantitative estimate of drug-likeness (QED) is 0.908. The number of fused-ring (bicyclic) bond motifs is 1. The van der Waals surface area contributed by atoms with Crippen molar-refractivity contribution < 1.29 is 4.79 Å². The number of anilines is 2. The lowest BCUT2D eigenvalue weighted by Gasteiger charge is -2.22. The molecule has 2 aromatic carbocycles. The average molecular weight is 320 g/mol. The van der Waals surface area contributed by atoms with Gasteiger partial charge in [0.1, 0.15) is 0 Å². The lowest BCUT2D eigenvalue weighted by Crippen LogP contribution is -2.21. The monoisotopic (exact) mass is 320 g/mol. The maximum absolute atomic E-state index is 12.6. The van der Waals surface area contributed by atoms with E-state index in [0.717, 1.165) is 37.3 Å². The van der Waals surface area contributed by atoms with E-state index < -0.39 is 0 Å². The van der Waals surface area contributed by atoms with Crippen LogP contribution >= 0.6 is 0 Å². The van der Waals surface area contributed by atoms with Crippen LogP contribution in [-0.2, 0) is 11.2 Å². The van der Waals surface area contributed by atoms with E-state index in [4.69, 9.17) is 0 Å². The van der Waals surface area contributed by atoms with Gasteiger partial charge in [0.25, 0.3) is 0 Å². The molecule has 1 saturated heterocycles. The van der Waals surface area contributed by atoms with E-state index in [1.807, 2.05) is 12.1 Å². The number of hydrogen-bond donors (Lipinski definition) is 1. The average Bonchev–Trinajstić information content (AvgIpc) is 3.26. The second-order valence-electron chi connectivity index (χ2n) is 6.90. The highest BCUT2D eigenvalue weighted by Crippen LogP contribution is 2.36. The second-order valence-corrected chi connectivity index (χ2v) is 6.90. The number of nitrogens with one attached hydrogen (secondary N) is 1. The van der Waals surface area contributed by atoms with Gasteiger partial charge >= 0.3 is 0 Å². The molecule has 0 spiro atoms. The van der Waals surface area contributed by atoms with Crippen LogP contribution in [0.15, 0.2) is 48.5 Å². The Bertz CT molecular complexity index is 734. The van der Waals surface area contributed by atoms with Crippen molar-refractivity contribution in [1.29, 1.82) is 0 Å². The van der Waals surface area contributed by atoms with E-state index in [9.17, 15) is 4.79 Å². The first-order valence-corrected chi connectivity index (χ1v) is 9.03. The van der Waals surface area contributed by atoms with Crippen molar-refractivity contribution in [2.45, 2.75) is 38.0 Å². The zero-order chi connectivity index (χ0) is 16.4. The fourth-order valence-corrected chi connectivity index (χ4v) is 4.10. The molecular weight excluding hydrogens is 296 g/mol. The van der Waals surface area contributed by atoms with Crippen LogP contribution in [0.1, 0.15) is 42.7 Å². The van der Waals surface area contributed by atoms with E-state index in [2.05, 4.69) is 46.6 Å². The molecular formula is C21H24N2O. The molecule has 3 nitrogen and oxygen atoms in total. The summed E-state index contributed by atoms with van der Waals surface area (Å²) in [5.74, 6) is 0.489. The minimum Gasteiger partial charge on any atom is -0.370 e. The predicted octanol–water partition coefficient (Wildman–Crippen LogP) is 4.35. The van der Waals surface area contributed by atoms with Crippen molar-refractivity contribution in [2.75, 3.05) is 23.3 Å². The molecule has 1 N–H and O–H groups in total. The molecule has 1 amide bonds. The van der Waals surface area contributed by atoms with Gasteiger partial charge in [0, 0.05) is 19.5 Å². The molecule has 3 heteroatoms. The zero-order valence-corrected chi connectivity index (χ0v) is 14.0. The Balaban J connectivity index is 1.46. The van der Waals surface area contributed by atoms with Gasteiger partial charge in [-0.15, -0.1) is 0 Å². The third-order valence-electron chi connectivity index (χ3n) is 5.31. The Hall–Kier alpha value is -2.29. The maximum atomic E-state index is 12.6. The summed E-state index contributed by atoms with van der Waals surface area (Å²) in [6.45, 7) is 2.17. The Morgan fingerprint density at radius 1 is 1.04 bits per heavy atom. The van der Waals surface area contributed by atoms with Crippen molar-refractivity contribution in [1.82, 2.24) is 0 Å². The third kappa shape index (κ3) is 3.03. The van der Waals surface area contributed by atoms with Gasteiger partial charge in [0.15, 0.2) is 0 Å². The number of amides is 1. The number of nitrogens with zero attached hydrogens (tertiary/aromatic N) is 1. The first-order chi connectivity index (χ1) is 11.8. The zero-order valence-electron chi connectivity index (χ0n) is 14.0. The van der Waals surface area contributed by atoms with E-state index in [-0.39, 0.29) is 5.91 Å². The normalized spacial score (nSPS) is 19.3. The molecule has 0 saturated carbocycles. The smallest absolute Gasteiger partial charge is 0.225 e. The van der Waals surface area contributed by atoms with Crippen LogP contribution < -0.4 is 10.2 Å². The van der Waals surface area contributed by atoms with Crippen LogP contribution in [0.3, 0.4) is 0 Å². The van der Waals surface area contributed by atoms with Crippen molar-refractivity contribution in [2.24, 2.45) is 0 Å². The van der Waals surface area contributed by atoms with E-state index in [0.29, 0.717) is 12.3 Å². The van der Waals surface area contributed by atoms with Gasteiger partial charge in [-0.2, -0.15) is 0 Å². The number of rotatable bonds is 4. The predicted molar refractivity (Wildman–Crippen MR) is 98.6 cm³/mol. The highest BCUT2D eigenvalue weighted by molar-refractivity contribution is 5.95. The van der Waals surface area contributed by atoms with E-state index >= 15 is 0 Å². The largest absolute Gasteiger partial charge is 0.370 e. The summed E-state index contributed by atoms with van der Waals surface area (Å²) in [4.78, 5) is 15.0. The van der Waals surface area contributed by atoms with Gasteiger partial charge in [0.2, 0.25) is 5.91 Å². The molecule has 1 heterocycles. The molecule has 0 radical (unpaired) electrons. The molecule has 0 aromatic heterocycles. The highest BCUT2D eigenvalue weighted by Gasteiger charge is 2.25. The number of para-hydroxylation sites is 2. The summed E-state index contributed by atoms with van der Waals surface area (Å²) in [7, 11) is 0. The first kappa shape index (κ1) is 15.3. The summed E-state index contributed by atoms with van der Waals surface area (Å²) < 4.78 is 0. The minimum atomic E-state index is 0.128. The Morgan fingerprint density at radius 2 is 1.79 bits per heavy atom. The van der Waals surface area contributed by atoms with Gasteiger partial charge in [-0.3, -0.25) is 4.79 Å². The Morgan fingerprint density at radius 3 is 2.67 bits per heavy atom. The van der Waals surface area contributed by atoms with Crippen LogP contribution in [0, 0.1) is 0 Å². The van der Waals surface area contributed by atoms with Crippen LogP contribution in [0.25, 0.3) is 0 Å². The molecule has 2 aliphatic rings. The molecule has 2 aromatic rings. The summed E-state index contributed by atoms with van der Waals surface area (Å²) in [6.07, 6.45) is 5.23. The maximum Gasteiger partial charge on any atom is 0.225 e. The molecule has 1 atom stereocenters. The van der Waals surface area contributed by atoms with Crippen LogP contribution in [-0.4, -0.2) is 19.0 Å². The van der Waals surface area contributed by atoms with Crippen LogP contribution in [0.4, 0.5) is 11.4 Å². The topological polar surface area (TPSA) is 32.3 Å². The van der Waals surface area contributed by atoms with Crippen molar-refractivity contribution in [3.8, 4) is 0 Å². The summed E-state index contributed by atoms with van der Waals surface area (Å²) in [5.41, 5.74) is 4.89. The number of carbonyl (C=O) groups excluding carboxylic acids is 1. The number of carbonyl (C=O) groups is 1. The molecule has 1 aliphatic heterocycles. The Labute approximate surface area is 143 Å². The second kappa shape index (κ2) is 6.68. The van der Waals surface area contributed by atoms with E-state index in [1.54, 1.807) is 0 Å². The van der Waals surface area contributed by atoms with Crippen LogP contribution in [0.5, 0.6) is 0 Å². The van der Waals surface area contributed by atoms with Crippen molar-refractivity contribution >= 4 is 17.3 Å². The van der Waals surface area contributed by atoms with Crippen LogP contribution in [0.2, 0.25) is 0 Å². The lowest BCUT2D eigenvalue weighted by molar-refractivity contribution is -0.116. The lowest BCUT2D eigenvalue weighted by atomic mass is 9.97. The molecule has 24 heavy (non-hydrogen) atoms. The molecule has 4 rings (SSSR count). The van der Waals surface area contributed by atoms with Gasteiger partial charge in [0.05, 0.1) is 11.4 Å².